The number of benzene rings is 1. The Balaban J connectivity index is 1.86. The number of piperidine rings is 1. The van der Waals surface area contributed by atoms with Gasteiger partial charge in [-0.25, -0.2) is 4.79 Å². The summed E-state index contributed by atoms with van der Waals surface area (Å²) in [6.45, 7) is 4.79. The number of likely N-dealkylation sites (tertiary alicyclic amines) is 1. The number of aryl methyl sites for hydroxylation is 1. The van der Waals surface area contributed by atoms with Crippen LogP contribution in [-0.2, 0) is 19.4 Å². The molecule has 1 aliphatic heterocycles. The van der Waals surface area contributed by atoms with Crippen LogP contribution in [0.1, 0.15) is 42.9 Å². The number of aromatic hydroxyl groups is 1. The summed E-state index contributed by atoms with van der Waals surface area (Å²) < 4.78 is 5.64. The molecule has 0 unspecified atom stereocenters. The van der Waals surface area contributed by atoms with Gasteiger partial charge in [-0.15, -0.1) is 0 Å². The molecule has 24 heavy (non-hydrogen) atoms. The highest BCUT2D eigenvalue weighted by molar-refractivity contribution is 6.33. The van der Waals surface area contributed by atoms with Gasteiger partial charge in [0, 0.05) is 24.0 Å². The summed E-state index contributed by atoms with van der Waals surface area (Å²) in [4.78, 5) is 14.6. The van der Waals surface area contributed by atoms with Crippen LogP contribution >= 0.6 is 11.6 Å². The maximum atomic E-state index is 12.3. The topological polar surface area (TPSA) is 53.7 Å². The second kappa shape index (κ2) is 6.08. The summed E-state index contributed by atoms with van der Waals surface area (Å²) in [6.07, 6.45) is 5.00. The van der Waals surface area contributed by atoms with Crippen molar-refractivity contribution in [2.75, 3.05) is 13.1 Å². The van der Waals surface area contributed by atoms with Crippen molar-refractivity contribution in [1.82, 2.24) is 4.90 Å². The molecule has 4 rings (SSSR count). The molecule has 0 saturated carbocycles. The Labute approximate surface area is 146 Å². The minimum absolute atomic E-state index is 0.0449. The Morgan fingerprint density at radius 2 is 2.12 bits per heavy atom. The van der Waals surface area contributed by atoms with E-state index in [1.165, 1.54) is 6.42 Å². The number of phenolic OH excluding ortho intramolecular Hbond substituents is 1. The maximum Gasteiger partial charge on any atom is 0.339 e. The van der Waals surface area contributed by atoms with Gasteiger partial charge >= 0.3 is 5.63 Å². The molecule has 1 aliphatic carbocycles. The van der Waals surface area contributed by atoms with Crippen LogP contribution in [-0.4, -0.2) is 23.1 Å². The van der Waals surface area contributed by atoms with Crippen LogP contribution < -0.4 is 5.63 Å². The predicted octanol–water partition coefficient (Wildman–Crippen LogP) is 3.87. The average Bonchev–Trinajstić information content (AvgIpc) is 3.04. The van der Waals surface area contributed by atoms with Crippen LogP contribution in [0.3, 0.4) is 0 Å². The number of halogens is 1. The molecule has 1 atom stereocenters. The first kappa shape index (κ1) is 16.0. The van der Waals surface area contributed by atoms with Crippen molar-refractivity contribution < 1.29 is 9.52 Å². The fourth-order valence-corrected chi connectivity index (χ4v) is 4.46. The van der Waals surface area contributed by atoms with Crippen molar-refractivity contribution in [1.29, 1.82) is 0 Å². The van der Waals surface area contributed by atoms with E-state index in [1.807, 2.05) is 0 Å². The van der Waals surface area contributed by atoms with Crippen molar-refractivity contribution in [3.05, 3.63) is 38.2 Å². The van der Waals surface area contributed by atoms with Gasteiger partial charge in [0.25, 0.3) is 0 Å². The van der Waals surface area contributed by atoms with E-state index in [4.69, 9.17) is 16.0 Å². The first-order chi connectivity index (χ1) is 11.5. The number of nitrogens with zero attached hydrogens (tertiary/aromatic N) is 1. The van der Waals surface area contributed by atoms with Crippen LogP contribution in [0.2, 0.25) is 5.02 Å². The van der Waals surface area contributed by atoms with Gasteiger partial charge in [0.1, 0.15) is 11.3 Å². The van der Waals surface area contributed by atoms with Crippen molar-refractivity contribution in [2.45, 2.75) is 45.6 Å². The molecule has 128 valence electrons. The normalized spacial score (nSPS) is 21.3. The Morgan fingerprint density at radius 3 is 2.92 bits per heavy atom. The standard InChI is InChI=1S/C19H22ClNO3/c1-11-4-3-7-21(9-11)10-15-17(22)16(20)8-14-12-5-2-6-13(12)19(23)24-18(14)15/h8,11,22H,2-7,9-10H2,1H3/t11-/m0/s1. The molecular weight excluding hydrogens is 326 g/mol. The van der Waals surface area contributed by atoms with E-state index in [9.17, 15) is 9.90 Å². The molecule has 1 aromatic heterocycles. The van der Waals surface area contributed by atoms with Crippen LogP contribution in [0.5, 0.6) is 5.75 Å². The molecule has 1 aromatic carbocycles. The van der Waals surface area contributed by atoms with E-state index in [0.717, 1.165) is 55.3 Å². The Hall–Kier alpha value is -1.52. The monoisotopic (exact) mass is 347 g/mol. The van der Waals surface area contributed by atoms with Gasteiger partial charge in [-0.2, -0.15) is 0 Å². The smallest absolute Gasteiger partial charge is 0.339 e. The summed E-state index contributed by atoms with van der Waals surface area (Å²) in [5, 5.41) is 11.7. The van der Waals surface area contributed by atoms with Crippen molar-refractivity contribution in [2.24, 2.45) is 5.92 Å². The predicted molar refractivity (Wildman–Crippen MR) is 94.9 cm³/mol. The van der Waals surface area contributed by atoms with Gasteiger partial charge in [-0.1, -0.05) is 18.5 Å². The third kappa shape index (κ3) is 2.62. The zero-order chi connectivity index (χ0) is 16.8. The zero-order valence-corrected chi connectivity index (χ0v) is 14.7. The molecule has 1 fully saturated rings. The highest BCUT2D eigenvalue weighted by Gasteiger charge is 2.25. The van der Waals surface area contributed by atoms with Gasteiger partial charge in [0.2, 0.25) is 0 Å². The quantitative estimate of drug-likeness (QED) is 0.838. The van der Waals surface area contributed by atoms with E-state index >= 15 is 0 Å². The summed E-state index contributed by atoms with van der Waals surface area (Å²) in [7, 11) is 0. The number of fused-ring (bicyclic) bond motifs is 3. The first-order valence-corrected chi connectivity index (χ1v) is 9.13. The SMILES string of the molecule is C[C@H]1CCCN(Cc2c(O)c(Cl)cc3c4c(c(=O)oc23)CCC4)C1. The number of rotatable bonds is 2. The van der Waals surface area contributed by atoms with E-state index in [0.29, 0.717) is 28.6 Å². The lowest BCUT2D eigenvalue weighted by atomic mass is 9.98. The van der Waals surface area contributed by atoms with Gasteiger partial charge in [-0.05, 0) is 56.2 Å². The van der Waals surface area contributed by atoms with Gasteiger partial charge in [-0.3, -0.25) is 4.90 Å². The van der Waals surface area contributed by atoms with Crippen molar-refractivity contribution in [3.63, 3.8) is 0 Å². The molecule has 0 amide bonds. The molecule has 1 N–H and O–H groups in total. The molecule has 0 radical (unpaired) electrons. The summed E-state index contributed by atoms with van der Waals surface area (Å²) in [5.41, 5.74) is 2.74. The van der Waals surface area contributed by atoms with Crippen LogP contribution in [0.15, 0.2) is 15.3 Å². The molecule has 2 aliphatic rings. The summed E-state index contributed by atoms with van der Waals surface area (Å²) >= 11 is 6.29. The highest BCUT2D eigenvalue weighted by Crippen LogP contribution is 2.39. The molecule has 4 nitrogen and oxygen atoms in total. The second-order valence-corrected chi connectivity index (χ2v) is 7.65. The lowest BCUT2D eigenvalue weighted by Crippen LogP contribution is -2.33. The van der Waals surface area contributed by atoms with Crippen LogP contribution in [0.4, 0.5) is 0 Å². The molecule has 0 bridgehead atoms. The lowest BCUT2D eigenvalue weighted by Gasteiger charge is -2.31. The van der Waals surface area contributed by atoms with Gasteiger partial charge in [0.15, 0.2) is 0 Å². The first-order valence-electron chi connectivity index (χ1n) is 8.76. The molecule has 1 saturated heterocycles. The largest absolute Gasteiger partial charge is 0.506 e. The Bertz CT molecular complexity index is 858. The second-order valence-electron chi connectivity index (χ2n) is 7.24. The fraction of sp³-hybridized carbons (Fsp3) is 0.526. The Kier molecular flexibility index (Phi) is 4.05. The summed E-state index contributed by atoms with van der Waals surface area (Å²) in [6, 6.07) is 1.75. The van der Waals surface area contributed by atoms with Crippen molar-refractivity contribution in [3.8, 4) is 5.75 Å². The molecule has 5 heteroatoms. The Morgan fingerprint density at radius 1 is 1.33 bits per heavy atom. The van der Waals surface area contributed by atoms with E-state index in [-0.39, 0.29) is 11.4 Å². The number of phenols is 1. The van der Waals surface area contributed by atoms with E-state index < -0.39 is 0 Å². The summed E-state index contributed by atoms with van der Waals surface area (Å²) in [5.74, 6) is 0.686. The van der Waals surface area contributed by atoms with Gasteiger partial charge < -0.3 is 9.52 Å². The minimum Gasteiger partial charge on any atom is -0.506 e. The minimum atomic E-state index is -0.259. The van der Waals surface area contributed by atoms with Crippen molar-refractivity contribution >= 4 is 22.6 Å². The fourth-order valence-electron chi connectivity index (χ4n) is 4.24. The third-order valence-electron chi connectivity index (χ3n) is 5.41. The van der Waals surface area contributed by atoms with Crippen LogP contribution in [0.25, 0.3) is 11.0 Å². The van der Waals surface area contributed by atoms with Gasteiger partial charge in [0.05, 0.1) is 10.6 Å². The third-order valence-corrected chi connectivity index (χ3v) is 5.70. The lowest BCUT2D eigenvalue weighted by molar-refractivity contribution is 0.175. The number of hydrogen-bond acceptors (Lipinski definition) is 4. The van der Waals surface area contributed by atoms with E-state index in [1.54, 1.807) is 6.07 Å². The molecular formula is C19H22ClNO3. The zero-order valence-electron chi connectivity index (χ0n) is 13.9. The molecule has 0 spiro atoms. The van der Waals surface area contributed by atoms with E-state index in [2.05, 4.69) is 11.8 Å². The maximum absolute atomic E-state index is 12.3. The average molecular weight is 348 g/mol. The highest BCUT2D eigenvalue weighted by atomic mass is 35.5. The van der Waals surface area contributed by atoms with Crippen LogP contribution in [0, 0.1) is 5.92 Å². The molecule has 2 heterocycles. The number of hydrogen-bond donors (Lipinski definition) is 1. The molecule has 2 aromatic rings.